The molecule has 2 rings (SSSR count). The van der Waals surface area contributed by atoms with Gasteiger partial charge in [0, 0.05) is 24.2 Å². The van der Waals surface area contributed by atoms with Gasteiger partial charge < -0.3 is 10.6 Å². The molecule has 2 fully saturated rings. The van der Waals surface area contributed by atoms with Crippen molar-refractivity contribution in [1.29, 1.82) is 0 Å². The molecule has 0 saturated heterocycles. The molecule has 19 heavy (non-hydrogen) atoms. The van der Waals surface area contributed by atoms with E-state index in [4.69, 9.17) is 5.73 Å². The van der Waals surface area contributed by atoms with E-state index in [0.29, 0.717) is 5.54 Å². The summed E-state index contributed by atoms with van der Waals surface area (Å²) in [6.45, 7) is 4.33. The van der Waals surface area contributed by atoms with E-state index in [1.807, 2.05) is 0 Å². The highest BCUT2D eigenvalue weighted by atomic mass is 15.3. The molecule has 0 radical (unpaired) electrons. The Hall–Kier alpha value is -0.120. The van der Waals surface area contributed by atoms with Crippen molar-refractivity contribution in [1.82, 2.24) is 9.80 Å². The van der Waals surface area contributed by atoms with Crippen LogP contribution in [0.2, 0.25) is 0 Å². The van der Waals surface area contributed by atoms with E-state index in [9.17, 15) is 0 Å². The third kappa shape index (κ3) is 2.70. The number of rotatable bonds is 6. The number of hydrogen-bond donors (Lipinski definition) is 1. The van der Waals surface area contributed by atoms with E-state index >= 15 is 0 Å². The lowest BCUT2D eigenvalue weighted by Crippen LogP contribution is -2.62. The zero-order valence-electron chi connectivity index (χ0n) is 13.4. The number of hydrogen-bond acceptors (Lipinski definition) is 3. The molecule has 0 aromatic carbocycles. The Balaban J connectivity index is 2.03. The average Bonchev–Trinajstić information content (AvgIpc) is 2.78. The SMILES string of the molecule is CCC1CCC(CN)(N(C)CC2(N(C)C)CCC2)C1. The maximum atomic E-state index is 6.19. The second-order valence-electron chi connectivity index (χ2n) is 7.27. The first kappa shape index (κ1) is 15.3. The van der Waals surface area contributed by atoms with Crippen LogP contribution in [0.15, 0.2) is 0 Å². The van der Waals surface area contributed by atoms with E-state index in [2.05, 4.69) is 37.9 Å². The molecule has 0 aliphatic heterocycles. The zero-order valence-corrected chi connectivity index (χ0v) is 13.4. The Morgan fingerprint density at radius 3 is 2.16 bits per heavy atom. The van der Waals surface area contributed by atoms with Crippen molar-refractivity contribution < 1.29 is 0 Å². The van der Waals surface area contributed by atoms with Crippen LogP contribution in [0.4, 0.5) is 0 Å². The molecule has 2 saturated carbocycles. The monoisotopic (exact) mass is 267 g/mol. The minimum absolute atomic E-state index is 0.277. The van der Waals surface area contributed by atoms with Crippen molar-refractivity contribution >= 4 is 0 Å². The fraction of sp³-hybridized carbons (Fsp3) is 1.00. The van der Waals surface area contributed by atoms with Crippen LogP contribution >= 0.6 is 0 Å². The van der Waals surface area contributed by atoms with E-state index in [-0.39, 0.29) is 5.54 Å². The van der Waals surface area contributed by atoms with Gasteiger partial charge in [0.15, 0.2) is 0 Å². The molecule has 2 unspecified atom stereocenters. The molecule has 3 nitrogen and oxygen atoms in total. The van der Waals surface area contributed by atoms with Crippen LogP contribution in [0, 0.1) is 5.92 Å². The van der Waals surface area contributed by atoms with Crippen molar-refractivity contribution in [3.8, 4) is 0 Å². The summed E-state index contributed by atoms with van der Waals surface area (Å²) in [5.74, 6) is 0.891. The molecule has 3 heteroatoms. The lowest BCUT2D eigenvalue weighted by atomic mass is 9.74. The predicted octanol–water partition coefficient (Wildman–Crippen LogP) is 2.31. The molecule has 0 bridgehead atoms. The topological polar surface area (TPSA) is 32.5 Å². The van der Waals surface area contributed by atoms with Gasteiger partial charge in [-0.15, -0.1) is 0 Å². The van der Waals surface area contributed by atoms with Gasteiger partial charge in [0.25, 0.3) is 0 Å². The van der Waals surface area contributed by atoms with Crippen molar-refractivity contribution in [2.45, 2.75) is 62.9 Å². The predicted molar refractivity (Wildman–Crippen MR) is 82.3 cm³/mol. The molecule has 112 valence electrons. The highest BCUT2D eigenvalue weighted by molar-refractivity contribution is 5.04. The van der Waals surface area contributed by atoms with Crippen LogP contribution in [0.5, 0.6) is 0 Å². The summed E-state index contributed by atoms with van der Waals surface area (Å²) in [6.07, 6.45) is 9.37. The molecule has 2 atom stereocenters. The molecule has 0 amide bonds. The normalized spacial score (nSPS) is 33.9. The van der Waals surface area contributed by atoms with Gasteiger partial charge in [0.1, 0.15) is 0 Å². The second kappa shape index (κ2) is 5.71. The summed E-state index contributed by atoms with van der Waals surface area (Å²) in [5, 5.41) is 0. The second-order valence-corrected chi connectivity index (χ2v) is 7.27. The van der Waals surface area contributed by atoms with Crippen molar-refractivity contribution in [3.05, 3.63) is 0 Å². The average molecular weight is 267 g/mol. The lowest BCUT2D eigenvalue weighted by molar-refractivity contribution is -0.00724. The molecule has 0 aromatic heterocycles. The third-order valence-electron chi connectivity index (χ3n) is 6.22. The van der Waals surface area contributed by atoms with E-state index in [1.165, 1.54) is 51.5 Å². The first-order chi connectivity index (χ1) is 8.98. The summed E-state index contributed by atoms with van der Waals surface area (Å²) in [6, 6.07) is 0. The molecule has 2 N–H and O–H groups in total. The van der Waals surface area contributed by atoms with Crippen molar-refractivity contribution in [2.75, 3.05) is 34.2 Å². The number of nitrogens with two attached hydrogens (primary N) is 1. The Morgan fingerprint density at radius 2 is 1.79 bits per heavy atom. The van der Waals surface area contributed by atoms with Gasteiger partial charge >= 0.3 is 0 Å². The molecular weight excluding hydrogens is 234 g/mol. The minimum atomic E-state index is 0.277. The highest BCUT2D eigenvalue weighted by Crippen LogP contribution is 2.43. The van der Waals surface area contributed by atoms with E-state index < -0.39 is 0 Å². The highest BCUT2D eigenvalue weighted by Gasteiger charge is 2.46. The molecule has 2 aliphatic rings. The minimum Gasteiger partial charge on any atom is -0.329 e. The molecule has 0 spiro atoms. The largest absolute Gasteiger partial charge is 0.329 e. The summed E-state index contributed by atoms with van der Waals surface area (Å²) in [4.78, 5) is 5.06. The van der Waals surface area contributed by atoms with Crippen LogP contribution in [0.1, 0.15) is 51.9 Å². The summed E-state index contributed by atoms with van der Waals surface area (Å²) < 4.78 is 0. The van der Waals surface area contributed by atoms with Crippen molar-refractivity contribution in [3.63, 3.8) is 0 Å². The Bertz CT molecular complexity index is 298. The lowest BCUT2D eigenvalue weighted by Gasteiger charge is -2.52. The van der Waals surface area contributed by atoms with Gasteiger partial charge in [-0.1, -0.05) is 13.3 Å². The third-order valence-corrected chi connectivity index (χ3v) is 6.22. The van der Waals surface area contributed by atoms with E-state index in [0.717, 1.165) is 12.5 Å². The first-order valence-electron chi connectivity index (χ1n) is 8.07. The molecule has 2 aliphatic carbocycles. The van der Waals surface area contributed by atoms with Gasteiger partial charge in [-0.05, 0) is 65.6 Å². The fourth-order valence-electron chi connectivity index (χ4n) is 4.19. The summed E-state index contributed by atoms with van der Waals surface area (Å²) in [5.41, 5.74) is 6.88. The van der Waals surface area contributed by atoms with Gasteiger partial charge in [-0.3, -0.25) is 4.90 Å². The number of likely N-dealkylation sites (N-methyl/N-ethyl adjacent to an activating group) is 2. The summed E-state index contributed by atoms with van der Waals surface area (Å²) in [7, 11) is 6.80. The Labute approximate surface area is 119 Å². The van der Waals surface area contributed by atoms with Crippen LogP contribution in [-0.2, 0) is 0 Å². The maximum absolute atomic E-state index is 6.19. The first-order valence-corrected chi connectivity index (χ1v) is 8.07. The van der Waals surface area contributed by atoms with Gasteiger partial charge in [0.05, 0.1) is 0 Å². The molecular formula is C16H33N3. The Kier molecular flexibility index (Phi) is 4.59. The quantitative estimate of drug-likeness (QED) is 0.801. The Morgan fingerprint density at radius 1 is 1.11 bits per heavy atom. The van der Waals surface area contributed by atoms with Gasteiger partial charge in [0.2, 0.25) is 0 Å². The van der Waals surface area contributed by atoms with Crippen LogP contribution in [-0.4, -0.2) is 55.1 Å². The van der Waals surface area contributed by atoms with E-state index in [1.54, 1.807) is 0 Å². The maximum Gasteiger partial charge on any atom is 0.0332 e. The zero-order chi connectivity index (χ0) is 14.1. The van der Waals surface area contributed by atoms with Crippen molar-refractivity contribution in [2.24, 2.45) is 11.7 Å². The smallest absolute Gasteiger partial charge is 0.0332 e. The van der Waals surface area contributed by atoms with Gasteiger partial charge in [-0.2, -0.15) is 0 Å². The molecule has 0 aromatic rings. The molecule has 0 heterocycles. The summed E-state index contributed by atoms with van der Waals surface area (Å²) >= 11 is 0. The van der Waals surface area contributed by atoms with Crippen LogP contribution in [0.25, 0.3) is 0 Å². The standard InChI is InChI=1S/C16H33N3/c1-5-14-7-10-16(11-14,12-17)19(4)13-15(18(2)3)8-6-9-15/h14H,5-13,17H2,1-4H3. The van der Waals surface area contributed by atoms with Crippen LogP contribution in [0.3, 0.4) is 0 Å². The fourth-order valence-corrected chi connectivity index (χ4v) is 4.19. The van der Waals surface area contributed by atoms with Crippen LogP contribution < -0.4 is 5.73 Å². The van der Waals surface area contributed by atoms with Gasteiger partial charge in [-0.25, -0.2) is 0 Å². The number of nitrogens with zero attached hydrogens (tertiary/aromatic N) is 2.